The highest BCUT2D eigenvalue weighted by atomic mass is 32.2. The van der Waals surface area contributed by atoms with Gasteiger partial charge in [-0.2, -0.15) is 0 Å². The molecule has 3 rings (SSSR count). The van der Waals surface area contributed by atoms with Gasteiger partial charge in [0.2, 0.25) is 21.8 Å². The van der Waals surface area contributed by atoms with E-state index in [2.05, 4.69) is 5.32 Å². The van der Waals surface area contributed by atoms with Gasteiger partial charge in [-0.3, -0.25) is 13.9 Å². The van der Waals surface area contributed by atoms with Gasteiger partial charge in [0.25, 0.3) is 0 Å². The zero-order valence-electron chi connectivity index (χ0n) is 22.7. The Morgan fingerprint density at radius 1 is 0.872 bits per heavy atom. The first-order valence-corrected chi connectivity index (χ1v) is 14.9. The van der Waals surface area contributed by atoms with E-state index in [1.54, 1.807) is 24.3 Å². The molecule has 0 aliphatic carbocycles. The van der Waals surface area contributed by atoms with E-state index in [9.17, 15) is 18.0 Å². The monoisotopic (exact) mass is 551 g/mol. The summed E-state index contributed by atoms with van der Waals surface area (Å²) >= 11 is 0. The molecule has 3 aromatic rings. The molecule has 0 saturated carbocycles. The minimum absolute atomic E-state index is 0.182. The van der Waals surface area contributed by atoms with E-state index in [1.807, 2.05) is 74.5 Å². The Morgan fingerprint density at radius 3 is 2.00 bits per heavy atom. The number of amides is 2. The van der Waals surface area contributed by atoms with E-state index in [0.29, 0.717) is 31.0 Å². The lowest BCUT2D eigenvalue weighted by Crippen LogP contribution is -2.52. The highest BCUT2D eigenvalue weighted by molar-refractivity contribution is 7.92. The number of rotatable bonds is 14. The van der Waals surface area contributed by atoms with Crippen molar-refractivity contribution in [2.45, 2.75) is 45.9 Å². The highest BCUT2D eigenvalue weighted by Gasteiger charge is 2.31. The van der Waals surface area contributed by atoms with Gasteiger partial charge in [0.15, 0.2) is 0 Å². The second-order valence-corrected chi connectivity index (χ2v) is 11.2. The lowest BCUT2D eigenvalue weighted by atomic mass is 10.1. The number of hydrogen-bond acceptors (Lipinski definition) is 5. The second-order valence-electron chi connectivity index (χ2n) is 9.26. The summed E-state index contributed by atoms with van der Waals surface area (Å²) in [6, 6.07) is 24.9. The average molecular weight is 552 g/mol. The normalized spacial score (nSPS) is 11.9. The third-order valence-corrected chi connectivity index (χ3v) is 7.32. The van der Waals surface area contributed by atoms with Gasteiger partial charge < -0.3 is 15.0 Å². The minimum Gasteiger partial charge on any atom is -0.489 e. The zero-order valence-corrected chi connectivity index (χ0v) is 23.6. The Kier molecular flexibility index (Phi) is 10.9. The van der Waals surface area contributed by atoms with Crippen molar-refractivity contribution in [3.05, 3.63) is 96.1 Å². The fourth-order valence-corrected chi connectivity index (χ4v) is 4.98. The van der Waals surface area contributed by atoms with Gasteiger partial charge in [0.1, 0.15) is 24.9 Å². The lowest BCUT2D eigenvalue weighted by Gasteiger charge is -2.32. The highest BCUT2D eigenvalue weighted by Crippen LogP contribution is 2.23. The summed E-state index contributed by atoms with van der Waals surface area (Å²) in [4.78, 5) is 28.1. The molecule has 2 amide bonds. The van der Waals surface area contributed by atoms with Crippen molar-refractivity contribution in [2.75, 3.05) is 23.7 Å². The number of nitrogens with zero attached hydrogens (tertiary/aromatic N) is 2. The topological polar surface area (TPSA) is 96.0 Å². The first kappa shape index (κ1) is 29.7. The van der Waals surface area contributed by atoms with Crippen LogP contribution in [-0.4, -0.2) is 50.5 Å². The molecule has 0 bridgehead atoms. The Balaban J connectivity index is 1.82. The molecule has 0 unspecified atom stereocenters. The maximum atomic E-state index is 13.7. The molecule has 0 spiro atoms. The summed E-state index contributed by atoms with van der Waals surface area (Å²) in [6.07, 6.45) is 2.22. The summed E-state index contributed by atoms with van der Waals surface area (Å²) < 4.78 is 32.5. The van der Waals surface area contributed by atoms with Crippen molar-refractivity contribution >= 4 is 27.5 Å². The zero-order chi connectivity index (χ0) is 28.3. The van der Waals surface area contributed by atoms with Gasteiger partial charge in [-0.1, -0.05) is 74.5 Å². The first-order chi connectivity index (χ1) is 18.7. The number of nitrogens with one attached hydrogen (secondary N) is 1. The summed E-state index contributed by atoms with van der Waals surface area (Å²) in [6.45, 7) is 4.41. The van der Waals surface area contributed by atoms with Crippen LogP contribution < -0.4 is 14.4 Å². The van der Waals surface area contributed by atoms with Crippen LogP contribution in [-0.2, 0) is 32.8 Å². The molecule has 0 radical (unpaired) electrons. The van der Waals surface area contributed by atoms with Crippen LogP contribution in [0.3, 0.4) is 0 Å². The number of carbonyl (C=O) groups is 2. The first-order valence-electron chi connectivity index (χ1n) is 13.1. The average Bonchev–Trinajstić information content (AvgIpc) is 2.94. The smallest absolute Gasteiger partial charge is 0.244 e. The Bertz CT molecular complexity index is 1300. The maximum absolute atomic E-state index is 13.7. The van der Waals surface area contributed by atoms with E-state index in [1.165, 1.54) is 4.90 Å². The summed E-state index contributed by atoms with van der Waals surface area (Å²) in [5.41, 5.74) is 2.19. The summed E-state index contributed by atoms with van der Waals surface area (Å²) in [5, 5.41) is 2.87. The van der Waals surface area contributed by atoms with Crippen molar-refractivity contribution < 1.29 is 22.7 Å². The molecular weight excluding hydrogens is 514 g/mol. The number of hydrogen-bond donors (Lipinski definition) is 1. The second kappa shape index (κ2) is 14.3. The number of benzene rings is 3. The predicted molar refractivity (Wildman–Crippen MR) is 154 cm³/mol. The molecule has 1 atom stereocenters. The number of sulfonamides is 1. The summed E-state index contributed by atoms with van der Waals surface area (Å²) in [5.74, 6) is -0.145. The van der Waals surface area contributed by atoms with E-state index in [-0.39, 0.29) is 12.5 Å². The van der Waals surface area contributed by atoms with Crippen molar-refractivity contribution in [3.8, 4) is 5.75 Å². The van der Waals surface area contributed by atoms with Crippen LogP contribution in [0.25, 0.3) is 0 Å². The van der Waals surface area contributed by atoms with Gasteiger partial charge in [-0.05, 0) is 48.2 Å². The number of carbonyl (C=O) groups excluding carboxylic acids is 2. The van der Waals surface area contributed by atoms with Gasteiger partial charge >= 0.3 is 0 Å². The molecule has 39 heavy (non-hydrogen) atoms. The lowest BCUT2D eigenvalue weighted by molar-refractivity contribution is -0.140. The van der Waals surface area contributed by atoms with Gasteiger partial charge in [0.05, 0.1) is 11.9 Å². The van der Waals surface area contributed by atoms with E-state index < -0.39 is 28.5 Å². The molecule has 0 aliphatic rings. The van der Waals surface area contributed by atoms with Crippen molar-refractivity contribution in [1.82, 2.24) is 10.2 Å². The molecule has 3 aromatic carbocycles. The van der Waals surface area contributed by atoms with Crippen LogP contribution in [0.5, 0.6) is 5.75 Å². The van der Waals surface area contributed by atoms with Crippen molar-refractivity contribution in [1.29, 1.82) is 0 Å². The van der Waals surface area contributed by atoms with Crippen molar-refractivity contribution in [2.24, 2.45) is 0 Å². The molecule has 0 heterocycles. The largest absolute Gasteiger partial charge is 0.489 e. The van der Waals surface area contributed by atoms with E-state index >= 15 is 0 Å². The fraction of sp³-hybridized carbons (Fsp3) is 0.333. The third kappa shape index (κ3) is 8.85. The molecule has 1 N–H and O–H groups in total. The molecule has 0 aromatic heterocycles. The van der Waals surface area contributed by atoms with Crippen LogP contribution >= 0.6 is 0 Å². The fourth-order valence-electron chi connectivity index (χ4n) is 4.13. The van der Waals surface area contributed by atoms with Crippen LogP contribution in [0.1, 0.15) is 37.8 Å². The minimum atomic E-state index is -3.81. The SMILES string of the molecule is CCCNC(=O)[C@@H](CC)N(Cc1ccccc1)C(=O)CN(c1ccc(OCc2ccccc2)cc1)S(C)(=O)=O. The Hall–Kier alpha value is -3.85. The quantitative estimate of drug-likeness (QED) is 0.321. The standard InChI is InChI=1S/C30H37N3O5S/c1-4-20-31-30(35)28(5-2)32(21-24-12-8-6-9-13-24)29(34)22-33(39(3,36)37)26-16-18-27(19-17-26)38-23-25-14-10-7-11-15-25/h6-19,28H,4-5,20-23H2,1-3H3,(H,31,35)/t28-/m1/s1. The molecule has 0 saturated heterocycles. The molecule has 9 heteroatoms. The molecule has 0 aliphatic heterocycles. The summed E-state index contributed by atoms with van der Waals surface area (Å²) in [7, 11) is -3.81. The predicted octanol–water partition coefficient (Wildman–Crippen LogP) is 4.37. The number of anilines is 1. The van der Waals surface area contributed by atoms with Crippen LogP contribution in [0.4, 0.5) is 5.69 Å². The van der Waals surface area contributed by atoms with Gasteiger partial charge in [-0.15, -0.1) is 0 Å². The van der Waals surface area contributed by atoms with E-state index in [0.717, 1.165) is 28.1 Å². The Morgan fingerprint density at radius 2 is 1.46 bits per heavy atom. The molecular formula is C30H37N3O5S. The maximum Gasteiger partial charge on any atom is 0.244 e. The Labute approximate surface area is 231 Å². The number of ether oxygens (including phenoxy) is 1. The van der Waals surface area contributed by atoms with Crippen LogP contribution in [0, 0.1) is 0 Å². The van der Waals surface area contributed by atoms with Gasteiger partial charge in [0, 0.05) is 13.1 Å². The van der Waals surface area contributed by atoms with Gasteiger partial charge in [-0.25, -0.2) is 8.42 Å². The van der Waals surface area contributed by atoms with E-state index in [4.69, 9.17) is 4.74 Å². The van der Waals surface area contributed by atoms with Crippen LogP contribution in [0.2, 0.25) is 0 Å². The molecule has 8 nitrogen and oxygen atoms in total. The molecule has 0 fully saturated rings. The molecule has 208 valence electrons. The third-order valence-electron chi connectivity index (χ3n) is 6.18. The van der Waals surface area contributed by atoms with Crippen molar-refractivity contribution in [3.63, 3.8) is 0 Å². The van der Waals surface area contributed by atoms with Crippen LogP contribution in [0.15, 0.2) is 84.9 Å².